The van der Waals surface area contributed by atoms with Crippen LogP contribution in [0.5, 0.6) is 0 Å². The topological polar surface area (TPSA) is 53.7 Å². The molecule has 1 aliphatic heterocycles. The summed E-state index contributed by atoms with van der Waals surface area (Å²) < 4.78 is 16.3. The van der Waals surface area contributed by atoms with Crippen molar-refractivity contribution >= 4 is 0 Å². The maximum absolute atomic E-state index is 5.86. The van der Waals surface area contributed by atoms with Crippen LogP contribution in [0.1, 0.15) is 25.7 Å². The molecule has 0 saturated carbocycles. The van der Waals surface area contributed by atoms with Crippen molar-refractivity contribution in [2.24, 2.45) is 5.73 Å². The van der Waals surface area contributed by atoms with E-state index < -0.39 is 0 Å². The molecule has 1 fully saturated rings. The van der Waals surface area contributed by atoms with E-state index in [-0.39, 0.29) is 5.60 Å². The first-order valence-corrected chi connectivity index (χ1v) is 5.74. The molecule has 1 heterocycles. The van der Waals surface area contributed by atoms with Gasteiger partial charge in [0.1, 0.15) is 5.60 Å². The standard InChI is InChI=1S/C11H23NO3/c1-13-6-2-3-8-15-11(9-12)5-4-7-14-10-11/h2-10,12H2,1H3. The van der Waals surface area contributed by atoms with Gasteiger partial charge in [-0.05, 0) is 25.7 Å². The number of rotatable bonds is 7. The van der Waals surface area contributed by atoms with Crippen LogP contribution in [0.3, 0.4) is 0 Å². The van der Waals surface area contributed by atoms with E-state index >= 15 is 0 Å². The summed E-state index contributed by atoms with van der Waals surface area (Å²) in [5.41, 5.74) is 5.53. The molecular weight excluding hydrogens is 194 g/mol. The van der Waals surface area contributed by atoms with Crippen LogP contribution in [0.2, 0.25) is 0 Å². The molecule has 90 valence electrons. The summed E-state index contributed by atoms with van der Waals surface area (Å²) >= 11 is 0. The molecule has 0 aromatic rings. The summed E-state index contributed by atoms with van der Waals surface area (Å²) in [4.78, 5) is 0. The highest BCUT2D eigenvalue weighted by Gasteiger charge is 2.32. The average molecular weight is 217 g/mol. The van der Waals surface area contributed by atoms with Crippen LogP contribution in [0.4, 0.5) is 0 Å². The van der Waals surface area contributed by atoms with E-state index in [9.17, 15) is 0 Å². The zero-order valence-electron chi connectivity index (χ0n) is 9.67. The molecule has 0 radical (unpaired) electrons. The lowest BCUT2D eigenvalue weighted by Crippen LogP contribution is -2.48. The van der Waals surface area contributed by atoms with E-state index in [0.717, 1.165) is 45.5 Å². The van der Waals surface area contributed by atoms with Crippen LogP contribution < -0.4 is 5.73 Å². The smallest absolute Gasteiger partial charge is 0.104 e. The van der Waals surface area contributed by atoms with Gasteiger partial charge in [0.05, 0.1) is 6.61 Å². The van der Waals surface area contributed by atoms with Gasteiger partial charge in [-0.1, -0.05) is 0 Å². The number of methoxy groups -OCH3 is 1. The van der Waals surface area contributed by atoms with Gasteiger partial charge in [-0.25, -0.2) is 0 Å². The minimum absolute atomic E-state index is 0.217. The maximum Gasteiger partial charge on any atom is 0.104 e. The number of hydrogen-bond acceptors (Lipinski definition) is 4. The Morgan fingerprint density at radius 3 is 2.73 bits per heavy atom. The lowest BCUT2D eigenvalue weighted by atomic mass is 9.96. The van der Waals surface area contributed by atoms with Gasteiger partial charge in [0.2, 0.25) is 0 Å². The van der Waals surface area contributed by atoms with E-state index in [4.69, 9.17) is 19.9 Å². The number of unbranched alkanes of at least 4 members (excludes halogenated alkanes) is 1. The fourth-order valence-electron chi connectivity index (χ4n) is 1.80. The molecule has 1 aliphatic rings. The molecule has 1 rings (SSSR count). The first kappa shape index (κ1) is 12.9. The van der Waals surface area contributed by atoms with Crippen LogP contribution in [0.25, 0.3) is 0 Å². The van der Waals surface area contributed by atoms with Crippen LogP contribution in [0, 0.1) is 0 Å². The van der Waals surface area contributed by atoms with Gasteiger partial charge in [-0.15, -0.1) is 0 Å². The molecule has 0 spiro atoms. The summed E-state index contributed by atoms with van der Waals surface area (Å²) in [7, 11) is 1.72. The lowest BCUT2D eigenvalue weighted by molar-refractivity contribution is -0.123. The van der Waals surface area contributed by atoms with E-state index in [1.807, 2.05) is 0 Å². The highest BCUT2D eigenvalue weighted by molar-refractivity contribution is 4.84. The van der Waals surface area contributed by atoms with Gasteiger partial charge in [-0.3, -0.25) is 0 Å². The van der Waals surface area contributed by atoms with Gasteiger partial charge in [0.15, 0.2) is 0 Å². The molecule has 0 aliphatic carbocycles. The predicted octanol–water partition coefficient (Wildman–Crippen LogP) is 0.937. The second kappa shape index (κ2) is 7.17. The Bertz CT molecular complexity index is 158. The number of ether oxygens (including phenoxy) is 3. The SMILES string of the molecule is COCCCCOC1(CN)CCCOC1. The fourth-order valence-corrected chi connectivity index (χ4v) is 1.80. The highest BCUT2D eigenvalue weighted by Crippen LogP contribution is 2.22. The summed E-state index contributed by atoms with van der Waals surface area (Å²) in [6, 6.07) is 0. The molecule has 15 heavy (non-hydrogen) atoms. The molecule has 1 atom stereocenters. The van der Waals surface area contributed by atoms with Crippen LogP contribution in [-0.2, 0) is 14.2 Å². The molecule has 4 heteroatoms. The van der Waals surface area contributed by atoms with Crippen molar-refractivity contribution in [3.63, 3.8) is 0 Å². The lowest BCUT2D eigenvalue weighted by Gasteiger charge is -2.35. The first-order valence-electron chi connectivity index (χ1n) is 5.74. The van der Waals surface area contributed by atoms with Crippen LogP contribution >= 0.6 is 0 Å². The number of hydrogen-bond donors (Lipinski definition) is 1. The van der Waals surface area contributed by atoms with E-state index in [2.05, 4.69) is 0 Å². The third-order valence-electron chi connectivity index (χ3n) is 2.81. The van der Waals surface area contributed by atoms with Gasteiger partial charge < -0.3 is 19.9 Å². The number of nitrogens with two attached hydrogens (primary N) is 1. The predicted molar refractivity (Wildman–Crippen MR) is 58.9 cm³/mol. The van der Waals surface area contributed by atoms with Gasteiger partial charge in [0, 0.05) is 33.5 Å². The molecular formula is C11H23NO3. The Hall–Kier alpha value is -0.160. The van der Waals surface area contributed by atoms with Crippen molar-refractivity contribution in [2.75, 3.05) is 40.1 Å². The highest BCUT2D eigenvalue weighted by atomic mass is 16.5. The molecule has 0 bridgehead atoms. The Labute approximate surface area is 92.1 Å². The second-order valence-corrected chi connectivity index (χ2v) is 4.09. The molecule has 1 unspecified atom stereocenters. The van der Waals surface area contributed by atoms with E-state index in [0.29, 0.717) is 13.2 Å². The summed E-state index contributed by atoms with van der Waals surface area (Å²) in [6.07, 6.45) is 4.14. The molecule has 0 aromatic carbocycles. The molecule has 4 nitrogen and oxygen atoms in total. The first-order chi connectivity index (χ1) is 7.33. The Balaban J connectivity index is 2.15. The zero-order valence-corrected chi connectivity index (χ0v) is 9.67. The Morgan fingerprint density at radius 1 is 1.33 bits per heavy atom. The zero-order chi connectivity index (χ0) is 11.0. The molecule has 1 saturated heterocycles. The summed E-state index contributed by atoms with van der Waals surface area (Å²) in [6.45, 7) is 3.60. The van der Waals surface area contributed by atoms with Crippen molar-refractivity contribution in [2.45, 2.75) is 31.3 Å². The van der Waals surface area contributed by atoms with Crippen molar-refractivity contribution < 1.29 is 14.2 Å². The quantitative estimate of drug-likeness (QED) is 0.645. The van der Waals surface area contributed by atoms with Gasteiger partial charge in [0.25, 0.3) is 0 Å². The molecule has 2 N–H and O–H groups in total. The third-order valence-corrected chi connectivity index (χ3v) is 2.81. The van der Waals surface area contributed by atoms with Crippen molar-refractivity contribution in [3.8, 4) is 0 Å². The normalized spacial score (nSPS) is 26.8. The van der Waals surface area contributed by atoms with Crippen molar-refractivity contribution in [1.29, 1.82) is 0 Å². The Kier molecular flexibility index (Phi) is 6.17. The van der Waals surface area contributed by atoms with Gasteiger partial charge >= 0.3 is 0 Å². The third kappa shape index (κ3) is 4.47. The monoisotopic (exact) mass is 217 g/mol. The summed E-state index contributed by atoms with van der Waals surface area (Å²) in [5, 5.41) is 0. The fraction of sp³-hybridized carbons (Fsp3) is 1.00. The molecule has 0 amide bonds. The van der Waals surface area contributed by atoms with E-state index in [1.165, 1.54) is 0 Å². The summed E-state index contributed by atoms with van der Waals surface area (Å²) in [5.74, 6) is 0. The van der Waals surface area contributed by atoms with Crippen molar-refractivity contribution in [3.05, 3.63) is 0 Å². The minimum atomic E-state index is -0.217. The largest absolute Gasteiger partial charge is 0.385 e. The average Bonchev–Trinajstić information content (AvgIpc) is 2.30. The van der Waals surface area contributed by atoms with Crippen molar-refractivity contribution in [1.82, 2.24) is 0 Å². The second-order valence-electron chi connectivity index (χ2n) is 4.09. The van der Waals surface area contributed by atoms with Crippen LogP contribution in [0.15, 0.2) is 0 Å². The maximum atomic E-state index is 5.86. The Morgan fingerprint density at radius 2 is 2.13 bits per heavy atom. The van der Waals surface area contributed by atoms with Crippen LogP contribution in [-0.4, -0.2) is 45.7 Å². The molecule has 0 aromatic heterocycles. The van der Waals surface area contributed by atoms with E-state index in [1.54, 1.807) is 7.11 Å². The van der Waals surface area contributed by atoms with Gasteiger partial charge in [-0.2, -0.15) is 0 Å². The minimum Gasteiger partial charge on any atom is -0.385 e.